The monoisotopic (exact) mass is 424 g/mol. The molecule has 0 amide bonds. The van der Waals surface area contributed by atoms with E-state index in [4.69, 9.17) is 21.7 Å². The zero-order valence-corrected chi connectivity index (χ0v) is 17.8. The third-order valence-corrected chi connectivity index (χ3v) is 5.53. The molecule has 6 nitrogen and oxygen atoms in total. The summed E-state index contributed by atoms with van der Waals surface area (Å²) in [5, 5.41) is 7.36. The number of aryl methyl sites for hydroxylation is 1. The van der Waals surface area contributed by atoms with Gasteiger partial charge in [-0.3, -0.25) is 0 Å². The quantitative estimate of drug-likeness (QED) is 0.543. The van der Waals surface area contributed by atoms with Gasteiger partial charge in [0.05, 0.1) is 19.8 Å². The molecule has 2 aromatic carbocycles. The molecule has 2 aromatic rings. The molecular weight excluding hydrogens is 400 g/mol. The van der Waals surface area contributed by atoms with E-state index < -0.39 is 5.97 Å². The van der Waals surface area contributed by atoms with Gasteiger partial charge in [0.2, 0.25) is 0 Å². The third-order valence-electron chi connectivity index (χ3n) is 5.31. The van der Waals surface area contributed by atoms with E-state index >= 15 is 0 Å². The van der Waals surface area contributed by atoms with Crippen LogP contribution < -0.4 is 20.1 Å². The Bertz CT molecular complexity index is 1020. The number of hydrogen-bond acceptors (Lipinski definition) is 5. The van der Waals surface area contributed by atoms with Crippen LogP contribution in [0.4, 0.5) is 0 Å². The zero-order valence-electron chi connectivity index (χ0n) is 17.0. The Morgan fingerprint density at radius 2 is 1.97 bits per heavy atom. The summed E-state index contributed by atoms with van der Waals surface area (Å²) in [6, 6.07) is 14.1. The number of ether oxygens (including phenoxy) is 3. The maximum Gasteiger partial charge on any atom is 0.343 e. The number of nitrogens with one attached hydrogen (secondary N) is 2. The molecule has 7 heteroatoms. The van der Waals surface area contributed by atoms with Gasteiger partial charge in [-0.1, -0.05) is 30.3 Å². The van der Waals surface area contributed by atoms with E-state index in [-0.39, 0.29) is 12.6 Å². The smallest absolute Gasteiger partial charge is 0.343 e. The molecule has 1 unspecified atom stereocenters. The number of fused-ring (bicyclic) bond motifs is 2. The van der Waals surface area contributed by atoms with Crippen molar-refractivity contribution in [1.29, 1.82) is 0 Å². The summed E-state index contributed by atoms with van der Waals surface area (Å²) >= 11 is 5.51. The molecule has 0 aromatic heterocycles. The minimum absolute atomic E-state index is 0.0593. The van der Waals surface area contributed by atoms with Crippen LogP contribution >= 0.6 is 12.2 Å². The van der Waals surface area contributed by atoms with Gasteiger partial charge in [0.25, 0.3) is 0 Å². The molecule has 4 rings (SSSR count). The summed E-state index contributed by atoms with van der Waals surface area (Å²) < 4.78 is 16.0. The number of rotatable bonds is 6. The SMILES string of the molecule is CCOc1cc(C2NC(=S)NC3=C2CCc2ccccc23)ccc1OCC(=O)OC. The highest BCUT2D eigenvalue weighted by Gasteiger charge is 2.31. The highest BCUT2D eigenvalue weighted by atomic mass is 32.1. The Morgan fingerprint density at radius 3 is 2.77 bits per heavy atom. The van der Waals surface area contributed by atoms with Crippen LogP contribution in [0.1, 0.15) is 36.1 Å². The van der Waals surface area contributed by atoms with Crippen LogP contribution in [-0.2, 0) is 16.0 Å². The predicted molar refractivity (Wildman–Crippen MR) is 118 cm³/mol. The first kappa shape index (κ1) is 20.2. The fourth-order valence-corrected chi connectivity index (χ4v) is 4.15. The highest BCUT2D eigenvalue weighted by molar-refractivity contribution is 7.80. The lowest BCUT2D eigenvalue weighted by Crippen LogP contribution is -2.44. The predicted octanol–water partition coefficient (Wildman–Crippen LogP) is 3.51. The zero-order chi connectivity index (χ0) is 21.1. The number of methoxy groups -OCH3 is 1. The van der Waals surface area contributed by atoms with Crippen LogP contribution in [0.25, 0.3) is 5.70 Å². The first-order valence-corrected chi connectivity index (χ1v) is 10.4. The number of carbonyl (C=O) groups is 1. The molecule has 0 saturated carbocycles. The van der Waals surface area contributed by atoms with Gasteiger partial charge in [-0.05, 0) is 60.8 Å². The molecule has 0 bridgehead atoms. The van der Waals surface area contributed by atoms with Crippen molar-refractivity contribution < 1.29 is 19.0 Å². The molecule has 0 radical (unpaired) electrons. The molecule has 2 aliphatic rings. The Hall–Kier alpha value is -3.06. The second-order valence-electron chi connectivity index (χ2n) is 7.09. The van der Waals surface area contributed by atoms with Crippen molar-refractivity contribution in [3.8, 4) is 11.5 Å². The summed E-state index contributed by atoms with van der Waals surface area (Å²) in [6.45, 7) is 2.22. The summed E-state index contributed by atoms with van der Waals surface area (Å²) in [5.74, 6) is 0.650. The topological polar surface area (TPSA) is 68.8 Å². The molecule has 0 fully saturated rings. The van der Waals surface area contributed by atoms with Gasteiger partial charge < -0.3 is 24.8 Å². The Balaban J connectivity index is 1.69. The molecule has 1 atom stereocenters. The van der Waals surface area contributed by atoms with Gasteiger partial charge >= 0.3 is 5.97 Å². The van der Waals surface area contributed by atoms with Crippen molar-refractivity contribution in [2.75, 3.05) is 20.3 Å². The molecule has 156 valence electrons. The van der Waals surface area contributed by atoms with Gasteiger partial charge in [-0.2, -0.15) is 0 Å². The Labute approximate surface area is 181 Å². The van der Waals surface area contributed by atoms with E-state index in [1.54, 1.807) is 0 Å². The average molecular weight is 425 g/mol. The van der Waals surface area contributed by atoms with E-state index in [1.807, 2.05) is 25.1 Å². The van der Waals surface area contributed by atoms with Crippen LogP contribution in [-0.4, -0.2) is 31.4 Å². The number of carbonyl (C=O) groups excluding carboxylic acids is 1. The van der Waals surface area contributed by atoms with E-state index in [1.165, 1.54) is 23.8 Å². The fraction of sp³-hybridized carbons (Fsp3) is 0.304. The lowest BCUT2D eigenvalue weighted by Gasteiger charge is -2.36. The second kappa shape index (κ2) is 8.75. The van der Waals surface area contributed by atoms with Gasteiger partial charge in [0, 0.05) is 11.3 Å². The molecule has 2 N–H and O–H groups in total. The highest BCUT2D eigenvalue weighted by Crippen LogP contribution is 2.40. The minimum atomic E-state index is -0.442. The van der Waals surface area contributed by atoms with Crippen LogP contribution in [0, 0.1) is 0 Å². The van der Waals surface area contributed by atoms with Crippen LogP contribution in [0.5, 0.6) is 11.5 Å². The largest absolute Gasteiger partial charge is 0.490 e. The maximum absolute atomic E-state index is 11.4. The van der Waals surface area contributed by atoms with Gasteiger partial charge in [-0.15, -0.1) is 0 Å². The van der Waals surface area contributed by atoms with Crippen molar-refractivity contribution in [3.05, 3.63) is 64.7 Å². The standard InChI is InChI=1S/C23H24N2O4S/c1-3-28-19-12-15(9-11-18(19)29-13-20(26)27-2)21-17-10-8-14-6-4-5-7-16(14)22(17)25-23(30)24-21/h4-7,9,11-12,21H,3,8,10,13H2,1-2H3,(H2,24,25,30). The normalized spacial score (nSPS) is 17.3. The van der Waals surface area contributed by atoms with Crippen molar-refractivity contribution in [1.82, 2.24) is 10.6 Å². The van der Waals surface area contributed by atoms with E-state index in [2.05, 4.69) is 39.6 Å². The van der Waals surface area contributed by atoms with Gasteiger partial charge in [0.1, 0.15) is 0 Å². The number of thiocarbonyl (C=S) groups is 1. The minimum Gasteiger partial charge on any atom is -0.490 e. The lowest BCUT2D eigenvalue weighted by atomic mass is 9.83. The number of benzene rings is 2. The summed E-state index contributed by atoms with van der Waals surface area (Å²) in [4.78, 5) is 11.4. The maximum atomic E-state index is 11.4. The summed E-state index contributed by atoms with van der Waals surface area (Å²) in [5.41, 5.74) is 5.92. The molecule has 30 heavy (non-hydrogen) atoms. The Morgan fingerprint density at radius 1 is 1.13 bits per heavy atom. The van der Waals surface area contributed by atoms with Crippen molar-refractivity contribution in [2.24, 2.45) is 0 Å². The number of esters is 1. The lowest BCUT2D eigenvalue weighted by molar-refractivity contribution is -0.142. The van der Waals surface area contributed by atoms with Crippen LogP contribution in [0.15, 0.2) is 48.0 Å². The van der Waals surface area contributed by atoms with Crippen LogP contribution in [0.3, 0.4) is 0 Å². The molecule has 0 spiro atoms. The molecule has 1 heterocycles. The van der Waals surface area contributed by atoms with Crippen LogP contribution in [0.2, 0.25) is 0 Å². The molecular formula is C23H24N2O4S. The molecule has 1 aliphatic carbocycles. The average Bonchev–Trinajstić information content (AvgIpc) is 2.77. The van der Waals surface area contributed by atoms with Gasteiger partial charge in [0.15, 0.2) is 23.2 Å². The first-order chi connectivity index (χ1) is 14.6. The van der Waals surface area contributed by atoms with E-state index in [0.29, 0.717) is 23.2 Å². The second-order valence-corrected chi connectivity index (χ2v) is 7.50. The third kappa shape index (κ3) is 3.98. The number of hydrogen-bond donors (Lipinski definition) is 2. The van der Waals surface area contributed by atoms with E-state index in [0.717, 1.165) is 24.1 Å². The van der Waals surface area contributed by atoms with Crippen molar-refractivity contribution in [2.45, 2.75) is 25.8 Å². The Kier molecular flexibility index (Phi) is 5.90. The van der Waals surface area contributed by atoms with Gasteiger partial charge in [-0.25, -0.2) is 4.79 Å². The fourth-order valence-electron chi connectivity index (χ4n) is 3.93. The summed E-state index contributed by atoms with van der Waals surface area (Å²) in [7, 11) is 1.33. The molecule has 1 aliphatic heterocycles. The van der Waals surface area contributed by atoms with Crippen molar-refractivity contribution >= 4 is 29.0 Å². The van der Waals surface area contributed by atoms with E-state index in [9.17, 15) is 4.79 Å². The molecule has 0 saturated heterocycles. The summed E-state index contributed by atoms with van der Waals surface area (Å²) in [6.07, 6.45) is 1.92. The van der Waals surface area contributed by atoms with Crippen molar-refractivity contribution in [3.63, 3.8) is 0 Å². The first-order valence-electron chi connectivity index (χ1n) is 9.96.